The second-order valence-corrected chi connectivity index (χ2v) is 3.77. The van der Waals surface area contributed by atoms with Gasteiger partial charge in [0.25, 0.3) is 0 Å². The number of hydrogen-bond acceptors (Lipinski definition) is 4. The van der Waals surface area contributed by atoms with Crippen LogP contribution in [0.15, 0.2) is 24.8 Å². The number of rotatable bonds is 6. The molecule has 6 nitrogen and oxygen atoms in total. The normalized spacial score (nSPS) is 10.1. The smallest absolute Gasteiger partial charge is 0.0729 e. The van der Waals surface area contributed by atoms with Crippen molar-refractivity contribution in [1.29, 1.82) is 0 Å². The van der Waals surface area contributed by atoms with Crippen molar-refractivity contribution in [3.8, 4) is 0 Å². The summed E-state index contributed by atoms with van der Waals surface area (Å²) in [7, 11) is 0. The van der Waals surface area contributed by atoms with Crippen molar-refractivity contribution in [3.05, 3.63) is 30.4 Å². The Morgan fingerprint density at radius 2 is 2.00 bits per heavy atom. The maximum absolute atomic E-state index is 8.77. The highest BCUT2D eigenvalue weighted by molar-refractivity contribution is 5.85. The first-order chi connectivity index (χ1) is 8.31. The van der Waals surface area contributed by atoms with Gasteiger partial charge in [0.05, 0.1) is 31.2 Å². The van der Waals surface area contributed by atoms with Crippen molar-refractivity contribution in [2.45, 2.75) is 26.6 Å². The lowest BCUT2D eigenvalue weighted by Gasteiger charge is -2.00. The number of nitrogens with zero attached hydrogens (tertiary/aromatic N) is 4. The SMILES string of the molecule is CCn1cc(CNc2cnn(CCO)c2)cn1.Cl. The summed E-state index contributed by atoms with van der Waals surface area (Å²) in [4.78, 5) is 0. The molecule has 2 aromatic heterocycles. The fourth-order valence-electron chi connectivity index (χ4n) is 1.55. The van der Waals surface area contributed by atoms with Crippen LogP contribution in [0.1, 0.15) is 12.5 Å². The molecule has 18 heavy (non-hydrogen) atoms. The second-order valence-electron chi connectivity index (χ2n) is 3.77. The third kappa shape index (κ3) is 3.75. The first-order valence-corrected chi connectivity index (χ1v) is 5.70. The molecule has 2 rings (SSSR count). The number of nitrogens with one attached hydrogen (secondary N) is 1. The summed E-state index contributed by atoms with van der Waals surface area (Å²) in [5.74, 6) is 0. The lowest BCUT2D eigenvalue weighted by Crippen LogP contribution is -2.02. The fourth-order valence-corrected chi connectivity index (χ4v) is 1.55. The average molecular weight is 272 g/mol. The van der Waals surface area contributed by atoms with Gasteiger partial charge in [0, 0.05) is 31.0 Å². The van der Waals surface area contributed by atoms with Crippen molar-refractivity contribution < 1.29 is 5.11 Å². The molecule has 0 fully saturated rings. The summed E-state index contributed by atoms with van der Waals surface area (Å²) in [6.07, 6.45) is 7.50. The Labute approximate surface area is 112 Å². The van der Waals surface area contributed by atoms with Crippen LogP contribution in [-0.2, 0) is 19.6 Å². The number of aliphatic hydroxyl groups is 1. The molecule has 0 aliphatic rings. The van der Waals surface area contributed by atoms with E-state index in [4.69, 9.17) is 5.11 Å². The molecule has 0 radical (unpaired) electrons. The molecule has 0 amide bonds. The zero-order valence-electron chi connectivity index (χ0n) is 10.3. The predicted molar refractivity (Wildman–Crippen MR) is 71.8 cm³/mol. The van der Waals surface area contributed by atoms with Gasteiger partial charge in [0.2, 0.25) is 0 Å². The summed E-state index contributed by atoms with van der Waals surface area (Å²) in [5.41, 5.74) is 2.09. The quantitative estimate of drug-likeness (QED) is 0.826. The Balaban J connectivity index is 0.00000162. The van der Waals surface area contributed by atoms with E-state index >= 15 is 0 Å². The molecule has 2 N–H and O–H groups in total. The van der Waals surface area contributed by atoms with E-state index < -0.39 is 0 Å². The Hall–Kier alpha value is -1.53. The van der Waals surface area contributed by atoms with Gasteiger partial charge >= 0.3 is 0 Å². The van der Waals surface area contributed by atoms with Gasteiger partial charge in [-0.3, -0.25) is 9.36 Å². The van der Waals surface area contributed by atoms with Crippen molar-refractivity contribution in [1.82, 2.24) is 19.6 Å². The summed E-state index contributed by atoms with van der Waals surface area (Å²) < 4.78 is 3.60. The molecule has 0 bridgehead atoms. The minimum Gasteiger partial charge on any atom is -0.394 e. The number of aromatic nitrogens is 4. The van der Waals surface area contributed by atoms with Crippen LogP contribution in [0.4, 0.5) is 5.69 Å². The van der Waals surface area contributed by atoms with E-state index in [-0.39, 0.29) is 19.0 Å². The van der Waals surface area contributed by atoms with E-state index in [0.717, 1.165) is 24.3 Å². The van der Waals surface area contributed by atoms with Crippen molar-refractivity contribution >= 4 is 18.1 Å². The molecular weight excluding hydrogens is 254 g/mol. The Bertz CT molecular complexity index is 467. The molecule has 0 aliphatic carbocycles. The largest absolute Gasteiger partial charge is 0.394 e. The maximum Gasteiger partial charge on any atom is 0.0729 e. The highest BCUT2D eigenvalue weighted by atomic mass is 35.5. The number of hydrogen-bond donors (Lipinski definition) is 2. The summed E-state index contributed by atoms with van der Waals surface area (Å²) in [6.45, 7) is 4.29. The molecule has 0 atom stereocenters. The van der Waals surface area contributed by atoms with Crippen LogP contribution in [-0.4, -0.2) is 31.3 Å². The molecule has 7 heteroatoms. The van der Waals surface area contributed by atoms with Crippen LogP contribution in [0.3, 0.4) is 0 Å². The average Bonchev–Trinajstić information content (AvgIpc) is 2.95. The van der Waals surface area contributed by atoms with Crippen LogP contribution in [0.5, 0.6) is 0 Å². The zero-order chi connectivity index (χ0) is 12.1. The summed E-state index contributed by atoms with van der Waals surface area (Å²) in [5, 5.41) is 20.4. The Morgan fingerprint density at radius 3 is 2.67 bits per heavy atom. The van der Waals surface area contributed by atoms with Crippen LogP contribution >= 0.6 is 12.4 Å². The first-order valence-electron chi connectivity index (χ1n) is 5.70. The van der Waals surface area contributed by atoms with Gasteiger partial charge in [-0.1, -0.05) is 0 Å². The van der Waals surface area contributed by atoms with Crippen molar-refractivity contribution in [2.75, 3.05) is 11.9 Å². The molecule has 100 valence electrons. The van der Waals surface area contributed by atoms with Crippen LogP contribution in [0.2, 0.25) is 0 Å². The number of anilines is 1. The second kappa shape index (κ2) is 7.03. The summed E-state index contributed by atoms with van der Waals surface area (Å²) >= 11 is 0. The van der Waals surface area contributed by atoms with E-state index in [2.05, 4.69) is 22.4 Å². The molecule has 0 unspecified atom stereocenters. The van der Waals surface area contributed by atoms with Crippen LogP contribution < -0.4 is 5.32 Å². The van der Waals surface area contributed by atoms with E-state index in [9.17, 15) is 0 Å². The molecular formula is C11H18ClN5O. The van der Waals surface area contributed by atoms with E-state index in [1.165, 1.54) is 0 Å². The monoisotopic (exact) mass is 271 g/mol. The Kier molecular flexibility index (Phi) is 5.67. The number of aryl methyl sites for hydroxylation is 1. The molecule has 2 heterocycles. The van der Waals surface area contributed by atoms with Crippen molar-refractivity contribution in [2.24, 2.45) is 0 Å². The highest BCUT2D eigenvalue weighted by Crippen LogP contribution is 2.07. The number of halogens is 1. The molecule has 0 saturated heterocycles. The molecule has 0 saturated carbocycles. The van der Waals surface area contributed by atoms with Gasteiger partial charge < -0.3 is 10.4 Å². The minimum atomic E-state index is 0. The molecule has 2 aromatic rings. The predicted octanol–water partition coefficient (Wildman–Crippen LogP) is 1.13. The third-order valence-corrected chi connectivity index (χ3v) is 2.47. The van der Waals surface area contributed by atoms with Gasteiger partial charge in [-0.2, -0.15) is 10.2 Å². The van der Waals surface area contributed by atoms with Crippen molar-refractivity contribution in [3.63, 3.8) is 0 Å². The minimum absolute atomic E-state index is 0. The van der Waals surface area contributed by atoms with Gasteiger partial charge in [-0.25, -0.2) is 0 Å². The highest BCUT2D eigenvalue weighted by Gasteiger charge is 2.00. The summed E-state index contributed by atoms with van der Waals surface area (Å²) in [6, 6.07) is 0. The van der Waals surface area contributed by atoms with Gasteiger partial charge in [-0.05, 0) is 6.92 Å². The topological polar surface area (TPSA) is 67.9 Å². The van der Waals surface area contributed by atoms with E-state index in [1.54, 1.807) is 10.9 Å². The number of aliphatic hydroxyl groups excluding tert-OH is 1. The molecule has 0 aliphatic heterocycles. The van der Waals surface area contributed by atoms with Gasteiger partial charge in [0.1, 0.15) is 0 Å². The maximum atomic E-state index is 8.77. The standard InChI is InChI=1S/C11H17N5O.ClH/c1-2-15-8-10(6-13-15)5-12-11-7-14-16(9-11)3-4-17;/h6-9,12,17H,2-5H2,1H3;1H. The van der Waals surface area contributed by atoms with E-state index in [0.29, 0.717) is 6.54 Å². The van der Waals surface area contributed by atoms with E-state index in [1.807, 2.05) is 23.3 Å². The van der Waals surface area contributed by atoms with Gasteiger partial charge in [-0.15, -0.1) is 12.4 Å². The molecule has 0 spiro atoms. The van der Waals surface area contributed by atoms with Gasteiger partial charge in [0.15, 0.2) is 0 Å². The zero-order valence-corrected chi connectivity index (χ0v) is 11.1. The Morgan fingerprint density at radius 1 is 1.22 bits per heavy atom. The lowest BCUT2D eigenvalue weighted by molar-refractivity contribution is 0.269. The fraction of sp³-hybridized carbons (Fsp3) is 0.455. The van der Waals surface area contributed by atoms with Crippen LogP contribution in [0, 0.1) is 0 Å². The van der Waals surface area contributed by atoms with Crippen LogP contribution in [0.25, 0.3) is 0 Å². The lowest BCUT2D eigenvalue weighted by atomic mass is 10.3. The first kappa shape index (κ1) is 14.5. The molecule has 0 aromatic carbocycles. The third-order valence-electron chi connectivity index (χ3n) is 2.47.